The summed E-state index contributed by atoms with van der Waals surface area (Å²) in [5, 5.41) is 8.50. The minimum atomic E-state index is -1.17. The molecule has 6 heteroatoms. The first-order valence-electron chi connectivity index (χ1n) is 4.93. The average molecular weight is 254 g/mol. The highest BCUT2D eigenvalue weighted by Crippen LogP contribution is 2.23. The van der Waals surface area contributed by atoms with E-state index < -0.39 is 24.4 Å². The Morgan fingerprint density at radius 2 is 2.17 bits per heavy atom. The predicted molar refractivity (Wildman–Crippen MR) is 60.6 cm³/mol. The lowest BCUT2D eigenvalue weighted by molar-refractivity contribution is -0.143. The van der Waals surface area contributed by atoms with Gasteiger partial charge in [-0.2, -0.15) is 0 Å². The number of methoxy groups -OCH3 is 1. The number of para-hydroxylation sites is 1. The van der Waals surface area contributed by atoms with Gasteiger partial charge in [0.05, 0.1) is 7.11 Å². The van der Waals surface area contributed by atoms with E-state index in [4.69, 9.17) is 9.84 Å². The van der Waals surface area contributed by atoms with Crippen LogP contribution in [0, 0.1) is 5.82 Å². The van der Waals surface area contributed by atoms with E-state index in [1.165, 1.54) is 25.3 Å². The first kappa shape index (κ1) is 13.7. The monoisotopic (exact) mass is 254 g/mol. The summed E-state index contributed by atoms with van der Waals surface area (Å²) >= 11 is 0. The molecule has 0 aliphatic rings. The molecular weight excluding hydrogens is 243 g/mol. The summed E-state index contributed by atoms with van der Waals surface area (Å²) in [6.07, 6.45) is 2.03. The number of carbonyl (C=O) groups is 2. The van der Waals surface area contributed by atoms with Crippen LogP contribution in [0.15, 0.2) is 24.3 Å². The van der Waals surface area contributed by atoms with Crippen LogP contribution in [0.3, 0.4) is 0 Å². The van der Waals surface area contributed by atoms with Gasteiger partial charge in [0, 0.05) is 11.6 Å². The van der Waals surface area contributed by atoms with E-state index in [0.717, 1.165) is 12.1 Å². The van der Waals surface area contributed by atoms with Gasteiger partial charge in [-0.15, -0.1) is 0 Å². The average Bonchev–Trinajstić information content (AvgIpc) is 2.34. The summed E-state index contributed by atoms with van der Waals surface area (Å²) in [6.45, 7) is -0.453. The molecule has 0 aliphatic heterocycles. The second-order valence-corrected chi connectivity index (χ2v) is 3.19. The molecule has 0 radical (unpaired) electrons. The molecule has 0 aromatic heterocycles. The summed E-state index contributed by atoms with van der Waals surface area (Å²) in [5.74, 6) is -2.71. The number of halogens is 1. The highest BCUT2D eigenvalue weighted by Gasteiger charge is 2.10. The first-order valence-corrected chi connectivity index (χ1v) is 4.93. The van der Waals surface area contributed by atoms with Crippen LogP contribution in [0.1, 0.15) is 5.56 Å². The lowest BCUT2D eigenvalue weighted by atomic mass is 10.2. The Labute approximate surface area is 102 Å². The van der Waals surface area contributed by atoms with E-state index in [1.54, 1.807) is 0 Å². The molecule has 0 atom stereocenters. The Morgan fingerprint density at radius 3 is 2.78 bits per heavy atom. The van der Waals surface area contributed by atoms with Gasteiger partial charge >= 0.3 is 11.9 Å². The van der Waals surface area contributed by atoms with Crippen molar-refractivity contribution >= 4 is 18.0 Å². The molecule has 1 N–H and O–H groups in total. The molecular formula is C12H11FO5. The number of ether oxygens (including phenoxy) is 2. The smallest absolute Gasteiger partial charge is 0.343 e. The maximum absolute atomic E-state index is 13.5. The van der Waals surface area contributed by atoms with Gasteiger partial charge in [0.1, 0.15) is 0 Å². The second kappa shape index (κ2) is 6.39. The molecule has 0 spiro atoms. The lowest BCUT2D eigenvalue weighted by Gasteiger charge is -2.08. The van der Waals surface area contributed by atoms with Crippen LogP contribution < -0.4 is 4.74 Å². The summed E-state index contributed by atoms with van der Waals surface area (Å²) in [4.78, 5) is 21.3. The maximum atomic E-state index is 13.5. The molecule has 0 unspecified atom stereocenters. The predicted octanol–water partition coefficient (Wildman–Crippen LogP) is 1.48. The Morgan fingerprint density at radius 1 is 1.44 bits per heavy atom. The van der Waals surface area contributed by atoms with Gasteiger partial charge in [0.25, 0.3) is 0 Å². The fourth-order valence-electron chi connectivity index (χ4n) is 1.16. The van der Waals surface area contributed by atoms with Crippen LogP contribution in [0.25, 0.3) is 6.08 Å². The van der Waals surface area contributed by atoms with Crippen molar-refractivity contribution in [2.45, 2.75) is 0 Å². The molecule has 18 heavy (non-hydrogen) atoms. The van der Waals surface area contributed by atoms with Crippen molar-refractivity contribution in [1.82, 2.24) is 0 Å². The van der Waals surface area contributed by atoms with Crippen molar-refractivity contribution in [2.75, 3.05) is 13.7 Å². The molecule has 1 aromatic carbocycles. The van der Waals surface area contributed by atoms with E-state index in [2.05, 4.69) is 4.74 Å². The highest BCUT2D eigenvalue weighted by atomic mass is 19.1. The van der Waals surface area contributed by atoms with Gasteiger partial charge in [-0.05, 0) is 12.1 Å². The summed E-state index contributed by atoms with van der Waals surface area (Å²) < 4.78 is 22.8. The molecule has 0 aliphatic carbocycles. The number of hydrogen-bond acceptors (Lipinski definition) is 4. The van der Waals surface area contributed by atoms with Crippen LogP contribution in [-0.4, -0.2) is 30.8 Å². The first-order chi connectivity index (χ1) is 8.54. The van der Waals surface area contributed by atoms with Crippen molar-refractivity contribution in [3.63, 3.8) is 0 Å². The third-order valence-electron chi connectivity index (χ3n) is 1.96. The molecule has 0 amide bonds. The largest absolute Gasteiger partial charge is 0.478 e. The Hall–Kier alpha value is -2.37. The normalized spacial score (nSPS) is 10.3. The Bertz CT molecular complexity index is 481. The Kier molecular flexibility index (Phi) is 4.86. The molecule has 0 bridgehead atoms. The third kappa shape index (κ3) is 3.89. The van der Waals surface area contributed by atoms with Crippen molar-refractivity contribution in [3.8, 4) is 5.75 Å². The number of esters is 1. The zero-order chi connectivity index (χ0) is 13.5. The second-order valence-electron chi connectivity index (χ2n) is 3.19. The number of benzene rings is 1. The maximum Gasteiger partial charge on any atom is 0.343 e. The van der Waals surface area contributed by atoms with Crippen LogP contribution >= 0.6 is 0 Å². The number of carbonyl (C=O) groups excluding carboxylic acids is 1. The summed E-state index contributed by atoms with van der Waals surface area (Å²) in [5.41, 5.74) is 0.223. The van der Waals surface area contributed by atoms with Crippen molar-refractivity contribution in [1.29, 1.82) is 0 Å². The minimum absolute atomic E-state index is 0.194. The van der Waals surface area contributed by atoms with E-state index in [-0.39, 0.29) is 11.3 Å². The van der Waals surface area contributed by atoms with Gasteiger partial charge in [-0.3, -0.25) is 0 Å². The summed E-state index contributed by atoms with van der Waals surface area (Å²) in [6, 6.07) is 4.02. The van der Waals surface area contributed by atoms with E-state index in [1.807, 2.05) is 0 Å². The number of hydrogen-bond donors (Lipinski definition) is 1. The van der Waals surface area contributed by atoms with Gasteiger partial charge in [-0.1, -0.05) is 12.1 Å². The van der Waals surface area contributed by atoms with Gasteiger partial charge in [0.2, 0.25) is 0 Å². The topological polar surface area (TPSA) is 72.8 Å². The SMILES string of the molecule is COC(=O)COc1c(F)cccc1/C=C/C(=O)O. The van der Waals surface area contributed by atoms with E-state index in [9.17, 15) is 14.0 Å². The molecule has 1 aromatic rings. The zero-order valence-corrected chi connectivity index (χ0v) is 9.55. The highest BCUT2D eigenvalue weighted by molar-refractivity contribution is 5.86. The third-order valence-corrected chi connectivity index (χ3v) is 1.96. The van der Waals surface area contributed by atoms with Crippen molar-refractivity contribution in [2.24, 2.45) is 0 Å². The van der Waals surface area contributed by atoms with E-state index in [0.29, 0.717) is 0 Å². The van der Waals surface area contributed by atoms with Gasteiger partial charge in [-0.25, -0.2) is 14.0 Å². The molecule has 0 saturated carbocycles. The van der Waals surface area contributed by atoms with Crippen LogP contribution in [0.2, 0.25) is 0 Å². The molecule has 96 valence electrons. The van der Waals surface area contributed by atoms with Crippen LogP contribution in [-0.2, 0) is 14.3 Å². The van der Waals surface area contributed by atoms with Gasteiger partial charge < -0.3 is 14.6 Å². The van der Waals surface area contributed by atoms with Crippen LogP contribution in [0.5, 0.6) is 5.75 Å². The quantitative estimate of drug-likeness (QED) is 0.636. The molecule has 0 fully saturated rings. The van der Waals surface area contributed by atoms with Crippen molar-refractivity contribution < 1.29 is 28.6 Å². The minimum Gasteiger partial charge on any atom is -0.478 e. The van der Waals surface area contributed by atoms with E-state index >= 15 is 0 Å². The zero-order valence-electron chi connectivity index (χ0n) is 9.55. The fourth-order valence-corrected chi connectivity index (χ4v) is 1.16. The van der Waals surface area contributed by atoms with Crippen molar-refractivity contribution in [3.05, 3.63) is 35.7 Å². The number of aliphatic carboxylic acids is 1. The van der Waals surface area contributed by atoms with Crippen LogP contribution in [0.4, 0.5) is 4.39 Å². The Balaban J connectivity index is 2.93. The molecule has 1 rings (SSSR count). The van der Waals surface area contributed by atoms with Gasteiger partial charge in [0.15, 0.2) is 18.2 Å². The fraction of sp³-hybridized carbons (Fsp3) is 0.167. The lowest BCUT2D eigenvalue weighted by Crippen LogP contribution is -2.13. The standard InChI is InChI=1S/C12H11FO5/c1-17-11(16)7-18-12-8(5-6-10(14)15)3-2-4-9(12)13/h2-6H,7H2,1H3,(H,14,15)/b6-5+. The number of rotatable bonds is 5. The number of carboxylic acid groups (broad SMARTS) is 1. The molecule has 0 saturated heterocycles. The molecule has 5 nitrogen and oxygen atoms in total. The number of carboxylic acids is 1. The molecule has 0 heterocycles. The summed E-state index contributed by atoms with van der Waals surface area (Å²) in [7, 11) is 1.18.